The van der Waals surface area contributed by atoms with Crippen LogP contribution in [0.15, 0.2) is 54.9 Å². The summed E-state index contributed by atoms with van der Waals surface area (Å²) in [5.41, 5.74) is 3.84. The molecule has 0 fully saturated rings. The molecule has 0 saturated carbocycles. The molecule has 2 aromatic heterocycles. The molecule has 0 spiro atoms. The van der Waals surface area contributed by atoms with Crippen molar-refractivity contribution in [2.45, 2.75) is 0 Å². The minimum atomic E-state index is 0.815. The first-order chi connectivity index (χ1) is 10.8. The highest BCUT2D eigenvalue weighted by Crippen LogP contribution is 2.31. The number of aromatic nitrogens is 3. The average molecular weight is 290 g/mol. The molecule has 0 radical (unpaired) electrons. The van der Waals surface area contributed by atoms with Gasteiger partial charge in [0.15, 0.2) is 0 Å². The fourth-order valence-corrected chi connectivity index (χ4v) is 2.62. The summed E-state index contributed by atoms with van der Waals surface area (Å²) >= 11 is 0. The van der Waals surface area contributed by atoms with Crippen LogP contribution in [0, 0.1) is 0 Å². The number of rotatable bonds is 3. The molecule has 4 rings (SSSR count). The van der Waals surface area contributed by atoms with E-state index in [2.05, 4.69) is 20.5 Å². The Balaban J connectivity index is 1.88. The number of ether oxygens (including phenoxy) is 1. The zero-order chi connectivity index (χ0) is 14.9. The summed E-state index contributed by atoms with van der Waals surface area (Å²) in [5.74, 6) is 0.815. The number of aromatic amines is 1. The molecular formula is C17H14N4O. The zero-order valence-corrected chi connectivity index (χ0v) is 12.0. The van der Waals surface area contributed by atoms with Crippen molar-refractivity contribution in [3.05, 3.63) is 54.9 Å². The Hall–Kier alpha value is -3.08. The van der Waals surface area contributed by atoms with Gasteiger partial charge < -0.3 is 10.1 Å². The molecule has 22 heavy (non-hydrogen) atoms. The normalized spacial score (nSPS) is 11.0. The largest absolute Gasteiger partial charge is 0.497 e. The van der Waals surface area contributed by atoms with E-state index in [1.54, 1.807) is 13.3 Å². The third kappa shape index (κ3) is 2.03. The number of hydrogen-bond acceptors (Lipinski definition) is 4. The molecule has 0 aliphatic rings. The highest BCUT2D eigenvalue weighted by Gasteiger charge is 2.08. The van der Waals surface area contributed by atoms with E-state index in [-0.39, 0.29) is 0 Å². The van der Waals surface area contributed by atoms with E-state index in [0.29, 0.717) is 0 Å². The lowest BCUT2D eigenvalue weighted by molar-refractivity contribution is 0.415. The summed E-state index contributed by atoms with van der Waals surface area (Å²) < 4.78 is 5.27. The molecule has 0 atom stereocenters. The number of H-pyrrole nitrogens is 1. The third-order valence-corrected chi connectivity index (χ3v) is 3.67. The molecule has 5 nitrogen and oxygen atoms in total. The average Bonchev–Trinajstić information content (AvgIpc) is 3.04. The summed E-state index contributed by atoms with van der Waals surface area (Å²) in [7, 11) is 1.66. The van der Waals surface area contributed by atoms with Crippen molar-refractivity contribution in [2.24, 2.45) is 0 Å². The standard InChI is InChI=1S/C17H14N4O/c1-22-13-4-2-3-12(9-13)20-15-7-8-18-14-6-5-11-10-19-21-17(11)16(14)15/h2-10H,1H3,(H,18,20)(H,19,21). The van der Waals surface area contributed by atoms with Gasteiger partial charge in [-0.3, -0.25) is 10.1 Å². The van der Waals surface area contributed by atoms with Crippen LogP contribution in [-0.4, -0.2) is 22.3 Å². The van der Waals surface area contributed by atoms with Gasteiger partial charge in [-0.25, -0.2) is 0 Å². The summed E-state index contributed by atoms with van der Waals surface area (Å²) in [4.78, 5) is 4.43. The molecule has 2 aromatic carbocycles. The first-order valence-corrected chi connectivity index (χ1v) is 6.97. The summed E-state index contributed by atoms with van der Waals surface area (Å²) in [6, 6.07) is 13.8. The number of nitrogens with zero attached hydrogens (tertiary/aromatic N) is 2. The van der Waals surface area contributed by atoms with Crippen LogP contribution in [0.3, 0.4) is 0 Å². The second kappa shape index (κ2) is 5.04. The summed E-state index contributed by atoms with van der Waals surface area (Å²) in [5, 5.41) is 12.7. The quantitative estimate of drug-likeness (QED) is 0.601. The van der Waals surface area contributed by atoms with E-state index in [1.165, 1.54) is 0 Å². The number of nitrogens with one attached hydrogen (secondary N) is 2. The SMILES string of the molecule is COc1cccc(Nc2ccnc3ccc4cn[nH]c4c23)c1. The summed E-state index contributed by atoms with van der Waals surface area (Å²) in [6.45, 7) is 0. The molecule has 108 valence electrons. The molecule has 5 heteroatoms. The molecule has 0 saturated heterocycles. The number of hydrogen-bond donors (Lipinski definition) is 2. The van der Waals surface area contributed by atoms with Gasteiger partial charge in [-0.2, -0.15) is 5.10 Å². The minimum absolute atomic E-state index is 0.815. The van der Waals surface area contributed by atoms with E-state index in [9.17, 15) is 0 Å². The minimum Gasteiger partial charge on any atom is -0.497 e. The Bertz CT molecular complexity index is 961. The fraction of sp³-hybridized carbons (Fsp3) is 0.0588. The van der Waals surface area contributed by atoms with Crippen molar-refractivity contribution in [1.29, 1.82) is 0 Å². The van der Waals surface area contributed by atoms with Crippen LogP contribution in [0.1, 0.15) is 0 Å². The summed E-state index contributed by atoms with van der Waals surface area (Å²) in [6.07, 6.45) is 3.62. The molecule has 2 heterocycles. The van der Waals surface area contributed by atoms with E-state index in [4.69, 9.17) is 4.74 Å². The van der Waals surface area contributed by atoms with E-state index < -0.39 is 0 Å². The van der Waals surface area contributed by atoms with Gasteiger partial charge in [0.05, 0.1) is 30.0 Å². The van der Waals surface area contributed by atoms with Crippen LogP contribution in [0.25, 0.3) is 21.8 Å². The number of pyridine rings is 1. The van der Waals surface area contributed by atoms with Crippen molar-refractivity contribution < 1.29 is 4.74 Å². The van der Waals surface area contributed by atoms with Crippen molar-refractivity contribution in [1.82, 2.24) is 15.2 Å². The van der Waals surface area contributed by atoms with E-state index >= 15 is 0 Å². The molecule has 4 aromatic rings. The maximum atomic E-state index is 5.27. The topological polar surface area (TPSA) is 62.8 Å². The highest BCUT2D eigenvalue weighted by molar-refractivity contribution is 6.10. The molecule has 0 amide bonds. The molecule has 0 unspecified atom stereocenters. The van der Waals surface area contributed by atoms with Crippen molar-refractivity contribution in [3.8, 4) is 5.75 Å². The zero-order valence-electron chi connectivity index (χ0n) is 12.0. The number of fused-ring (bicyclic) bond motifs is 3. The lowest BCUT2D eigenvalue weighted by Crippen LogP contribution is -1.94. The maximum Gasteiger partial charge on any atom is 0.120 e. The van der Waals surface area contributed by atoms with Gasteiger partial charge in [-0.05, 0) is 30.3 Å². The Kier molecular flexibility index (Phi) is 2.89. The predicted octanol–water partition coefficient (Wildman–Crippen LogP) is 3.86. The van der Waals surface area contributed by atoms with Gasteiger partial charge in [0.2, 0.25) is 0 Å². The second-order valence-corrected chi connectivity index (χ2v) is 5.01. The van der Waals surface area contributed by atoms with Gasteiger partial charge >= 0.3 is 0 Å². The molecule has 0 aliphatic heterocycles. The van der Waals surface area contributed by atoms with Gasteiger partial charge in [0, 0.05) is 28.7 Å². The van der Waals surface area contributed by atoms with Gasteiger partial charge in [-0.1, -0.05) is 6.07 Å². The van der Waals surface area contributed by atoms with Crippen LogP contribution in [0.2, 0.25) is 0 Å². The lowest BCUT2D eigenvalue weighted by atomic mass is 10.1. The monoisotopic (exact) mass is 290 g/mol. The predicted molar refractivity (Wildman–Crippen MR) is 87.7 cm³/mol. The van der Waals surface area contributed by atoms with Gasteiger partial charge in [0.1, 0.15) is 5.75 Å². The van der Waals surface area contributed by atoms with E-state index in [0.717, 1.165) is 38.9 Å². The van der Waals surface area contributed by atoms with Crippen molar-refractivity contribution in [3.63, 3.8) is 0 Å². The highest BCUT2D eigenvalue weighted by atomic mass is 16.5. The first kappa shape index (κ1) is 12.6. The van der Waals surface area contributed by atoms with Crippen LogP contribution in [0.4, 0.5) is 11.4 Å². The van der Waals surface area contributed by atoms with Crippen molar-refractivity contribution in [2.75, 3.05) is 12.4 Å². The Morgan fingerprint density at radius 1 is 1.14 bits per heavy atom. The van der Waals surface area contributed by atoms with Crippen LogP contribution >= 0.6 is 0 Å². The number of anilines is 2. The fourth-order valence-electron chi connectivity index (χ4n) is 2.62. The van der Waals surface area contributed by atoms with Crippen molar-refractivity contribution >= 4 is 33.2 Å². The smallest absolute Gasteiger partial charge is 0.120 e. The number of benzene rings is 2. The molecule has 2 N–H and O–H groups in total. The van der Waals surface area contributed by atoms with Gasteiger partial charge in [0.25, 0.3) is 0 Å². The Labute approximate surface area is 126 Å². The number of methoxy groups -OCH3 is 1. The van der Waals surface area contributed by atoms with Crippen LogP contribution in [0.5, 0.6) is 5.75 Å². The van der Waals surface area contributed by atoms with Crippen LogP contribution < -0.4 is 10.1 Å². The first-order valence-electron chi connectivity index (χ1n) is 6.97. The third-order valence-electron chi connectivity index (χ3n) is 3.67. The van der Waals surface area contributed by atoms with E-state index in [1.807, 2.05) is 48.7 Å². The molecule has 0 bridgehead atoms. The Morgan fingerprint density at radius 3 is 3.00 bits per heavy atom. The Morgan fingerprint density at radius 2 is 2.09 bits per heavy atom. The molecular weight excluding hydrogens is 276 g/mol. The maximum absolute atomic E-state index is 5.27. The lowest BCUT2D eigenvalue weighted by Gasteiger charge is -2.11. The van der Waals surface area contributed by atoms with Crippen LogP contribution in [-0.2, 0) is 0 Å². The molecule has 0 aliphatic carbocycles. The van der Waals surface area contributed by atoms with Gasteiger partial charge in [-0.15, -0.1) is 0 Å². The second-order valence-electron chi connectivity index (χ2n) is 5.01.